The smallest absolute Gasteiger partial charge is 0.167 e. The molecule has 1 nitrogen and oxygen atoms in total. The molecular formula is C16H12BrFO. The van der Waals surface area contributed by atoms with Crippen molar-refractivity contribution in [1.29, 1.82) is 0 Å². The van der Waals surface area contributed by atoms with Crippen LogP contribution in [0.3, 0.4) is 0 Å². The van der Waals surface area contributed by atoms with Crippen molar-refractivity contribution in [2.24, 2.45) is 0 Å². The lowest BCUT2D eigenvalue weighted by Crippen LogP contribution is -2.20. The molecular weight excluding hydrogens is 307 g/mol. The van der Waals surface area contributed by atoms with E-state index >= 15 is 0 Å². The Bertz CT molecular complexity index is 631. The Balaban J connectivity index is 1.81. The van der Waals surface area contributed by atoms with Gasteiger partial charge in [-0.25, -0.2) is 4.39 Å². The Kier molecular flexibility index (Phi) is 3.23. The maximum absolute atomic E-state index is 13.7. The summed E-state index contributed by atoms with van der Waals surface area (Å²) in [6, 6.07) is 12.7. The predicted molar refractivity (Wildman–Crippen MR) is 75.9 cm³/mol. The van der Waals surface area contributed by atoms with Gasteiger partial charge in [0.25, 0.3) is 0 Å². The quantitative estimate of drug-likeness (QED) is 0.761. The van der Waals surface area contributed by atoms with Crippen molar-refractivity contribution >= 4 is 21.7 Å². The van der Waals surface area contributed by atoms with E-state index in [0.717, 1.165) is 6.42 Å². The number of fused-ring (bicyclic) bond motifs is 1. The molecule has 0 saturated carbocycles. The second-order valence-corrected chi connectivity index (χ2v) is 5.68. The Morgan fingerprint density at radius 3 is 2.74 bits per heavy atom. The lowest BCUT2D eigenvalue weighted by molar-refractivity contribution is 0.0965. The molecule has 1 unspecified atom stereocenters. The highest BCUT2D eigenvalue weighted by atomic mass is 79.9. The van der Waals surface area contributed by atoms with E-state index in [9.17, 15) is 9.18 Å². The number of benzene rings is 2. The summed E-state index contributed by atoms with van der Waals surface area (Å²) in [4.78, 5) is 12.2. The number of hydrogen-bond acceptors (Lipinski definition) is 1. The number of halogens is 2. The van der Waals surface area contributed by atoms with Crippen molar-refractivity contribution in [3.8, 4) is 0 Å². The summed E-state index contributed by atoms with van der Waals surface area (Å²) in [6.07, 6.45) is 1.28. The molecule has 0 saturated heterocycles. The first-order chi connectivity index (χ1) is 9.16. The van der Waals surface area contributed by atoms with Gasteiger partial charge in [0.1, 0.15) is 5.82 Å². The van der Waals surface area contributed by atoms with E-state index in [1.165, 1.54) is 17.2 Å². The third-order valence-electron chi connectivity index (χ3n) is 3.63. The summed E-state index contributed by atoms with van der Waals surface area (Å²) in [5, 5.41) is 0. The molecule has 0 heterocycles. The highest BCUT2D eigenvalue weighted by Gasteiger charge is 2.29. The lowest BCUT2D eigenvalue weighted by atomic mass is 9.74. The van der Waals surface area contributed by atoms with Gasteiger partial charge in [0.15, 0.2) is 5.78 Å². The van der Waals surface area contributed by atoms with Gasteiger partial charge in [-0.15, -0.1) is 0 Å². The first-order valence-electron chi connectivity index (χ1n) is 6.22. The first-order valence-corrected chi connectivity index (χ1v) is 7.01. The van der Waals surface area contributed by atoms with Crippen LogP contribution in [0.1, 0.15) is 33.8 Å². The van der Waals surface area contributed by atoms with Crippen LogP contribution in [0.5, 0.6) is 0 Å². The van der Waals surface area contributed by atoms with Crippen LogP contribution in [0.15, 0.2) is 46.9 Å². The summed E-state index contributed by atoms with van der Waals surface area (Å²) in [7, 11) is 0. The predicted octanol–water partition coefficient (Wildman–Crippen LogP) is 4.50. The van der Waals surface area contributed by atoms with Gasteiger partial charge in [-0.05, 0) is 51.5 Å². The van der Waals surface area contributed by atoms with Gasteiger partial charge in [0.2, 0.25) is 0 Å². The number of carbonyl (C=O) groups is 1. The number of rotatable bonds is 3. The van der Waals surface area contributed by atoms with E-state index in [0.29, 0.717) is 10.9 Å². The third-order valence-corrected chi connectivity index (χ3v) is 4.30. The zero-order valence-electron chi connectivity index (χ0n) is 10.2. The molecule has 0 fully saturated rings. The number of ketones is 1. The van der Waals surface area contributed by atoms with Crippen molar-refractivity contribution in [1.82, 2.24) is 0 Å². The second-order valence-electron chi connectivity index (χ2n) is 4.82. The number of carbonyl (C=O) groups excluding carboxylic acids is 1. The molecule has 1 atom stereocenters. The molecule has 0 aliphatic heterocycles. The highest BCUT2D eigenvalue weighted by molar-refractivity contribution is 9.10. The molecule has 3 rings (SSSR count). The molecule has 2 aromatic carbocycles. The fraction of sp³-hybridized carbons (Fsp3) is 0.188. The average Bonchev–Trinajstić information content (AvgIpc) is 2.36. The topological polar surface area (TPSA) is 17.1 Å². The van der Waals surface area contributed by atoms with Crippen LogP contribution in [-0.4, -0.2) is 5.78 Å². The SMILES string of the molecule is O=C(CC1Cc2ccccc21)c1c(F)cccc1Br. The normalized spacial score (nSPS) is 16.6. The van der Waals surface area contributed by atoms with Crippen molar-refractivity contribution in [2.75, 3.05) is 0 Å². The van der Waals surface area contributed by atoms with Crippen LogP contribution < -0.4 is 0 Å². The van der Waals surface area contributed by atoms with Crippen molar-refractivity contribution in [3.63, 3.8) is 0 Å². The van der Waals surface area contributed by atoms with Gasteiger partial charge >= 0.3 is 0 Å². The van der Waals surface area contributed by atoms with Gasteiger partial charge in [0.05, 0.1) is 5.56 Å². The molecule has 0 spiro atoms. The molecule has 0 radical (unpaired) electrons. The fourth-order valence-corrected chi connectivity index (χ4v) is 3.20. The fourth-order valence-electron chi connectivity index (χ4n) is 2.63. The summed E-state index contributed by atoms with van der Waals surface area (Å²) < 4.78 is 14.3. The molecule has 3 heteroatoms. The molecule has 96 valence electrons. The summed E-state index contributed by atoms with van der Waals surface area (Å²) in [6.45, 7) is 0. The van der Waals surface area contributed by atoms with Gasteiger partial charge < -0.3 is 0 Å². The van der Waals surface area contributed by atoms with Crippen LogP contribution in [0.4, 0.5) is 4.39 Å². The molecule has 0 bridgehead atoms. The van der Waals surface area contributed by atoms with Crippen LogP contribution >= 0.6 is 15.9 Å². The minimum Gasteiger partial charge on any atom is -0.294 e. The Morgan fingerprint density at radius 2 is 2.00 bits per heavy atom. The van der Waals surface area contributed by atoms with E-state index in [2.05, 4.69) is 22.0 Å². The van der Waals surface area contributed by atoms with Gasteiger partial charge in [-0.3, -0.25) is 4.79 Å². The van der Waals surface area contributed by atoms with Gasteiger partial charge in [0, 0.05) is 10.9 Å². The molecule has 0 aromatic heterocycles. The monoisotopic (exact) mass is 318 g/mol. The van der Waals surface area contributed by atoms with E-state index in [1.54, 1.807) is 12.1 Å². The number of hydrogen-bond donors (Lipinski definition) is 0. The van der Waals surface area contributed by atoms with Crippen LogP contribution in [0.25, 0.3) is 0 Å². The van der Waals surface area contributed by atoms with Gasteiger partial charge in [-0.2, -0.15) is 0 Å². The first kappa shape index (κ1) is 12.5. The van der Waals surface area contributed by atoms with Gasteiger partial charge in [-0.1, -0.05) is 30.3 Å². The Morgan fingerprint density at radius 1 is 1.21 bits per heavy atom. The summed E-state index contributed by atoms with van der Waals surface area (Å²) in [5.74, 6) is -0.355. The zero-order valence-corrected chi connectivity index (χ0v) is 11.8. The zero-order chi connectivity index (χ0) is 13.4. The molecule has 0 amide bonds. The standard InChI is InChI=1S/C16H12BrFO/c17-13-6-3-7-14(18)16(13)15(19)9-11-8-10-4-1-2-5-12(10)11/h1-7,11H,8-9H2. The lowest BCUT2D eigenvalue weighted by Gasteiger charge is -2.29. The minimum atomic E-state index is -0.452. The van der Waals surface area contributed by atoms with Crippen LogP contribution in [0.2, 0.25) is 0 Å². The maximum atomic E-state index is 13.7. The Labute approximate surface area is 119 Å². The molecule has 19 heavy (non-hydrogen) atoms. The van der Waals surface area contributed by atoms with Crippen molar-refractivity contribution in [3.05, 3.63) is 69.4 Å². The maximum Gasteiger partial charge on any atom is 0.167 e. The summed E-state index contributed by atoms with van der Waals surface area (Å²) >= 11 is 3.25. The summed E-state index contributed by atoms with van der Waals surface area (Å²) in [5.41, 5.74) is 2.70. The largest absolute Gasteiger partial charge is 0.294 e. The molecule has 1 aliphatic carbocycles. The Hall–Kier alpha value is -1.48. The third kappa shape index (κ3) is 2.23. The second kappa shape index (κ2) is 4.89. The highest BCUT2D eigenvalue weighted by Crippen LogP contribution is 2.38. The molecule has 0 N–H and O–H groups in total. The van der Waals surface area contributed by atoms with Crippen LogP contribution in [-0.2, 0) is 6.42 Å². The molecule has 1 aliphatic rings. The van der Waals surface area contributed by atoms with Crippen molar-refractivity contribution < 1.29 is 9.18 Å². The van der Waals surface area contributed by atoms with Crippen molar-refractivity contribution in [2.45, 2.75) is 18.8 Å². The van der Waals surface area contributed by atoms with E-state index in [-0.39, 0.29) is 17.3 Å². The van der Waals surface area contributed by atoms with E-state index in [4.69, 9.17) is 0 Å². The van der Waals surface area contributed by atoms with E-state index < -0.39 is 5.82 Å². The van der Waals surface area contributed by atoms with E-state index in [1.807, 2.05) is 18.2 Å². The molecule has 2 aromatic rings. The van der Waals surface area contributed by atoms with Crippen LogP contribution in [0, 0.1) is 5.82 Å². The minimum absolute atomic E-state index is 0.135. The average molecular weight is 319 g/mol. The number of Topliss-reactive ketones (excluding diaryl/α,β-unsaturated/α-hetero) is 1.